The molecule has 3 nitrogen and oxygen atoms in total. The topological polar surface area (TPSA) is 40.5 Å². The highest BCUT2D eigenvalue weighted by Crippen LogP contribution is 2.36. The molecule has 0 spiro atoms. The van der Waals surface area contributed by atoms with Crippen LogP contribution in [-0.4, -0.2) is 36.1 Å². The molecule has 1 amide bonds. The summed E-state index contributed by atoms with van der Waals surface area (Å²) in [5.41, 5.74) is 5.57. The first-order valence-corrected chi connectivity index (χ1v) is 12.2. The average Bonchev–Trinajstić information content (AvgIpc) is 2.86. The lowest BCUT2D eigenvalue weighted by Crippen LogP contribution is -2.44. The minimum Gasteiger partial charge on any atom is -0.400 e. The quantitative estimate of drug-likeness (QED) is 0.592. The van der Waals surface area contributed by atoms with E-state index in [1.165, 1.54) is 48.8 Å². The van der Waals surface area contributed by atoms with Gasteiger partial charge < -0.3 is 10.0 Å². The Morgan fingerprint density at radius 2 is 1.47 bits per heavy atom. The molecule has 2 aromatic carbocycles. The second-order valence-corrected chi connectivity index (χ2v) is 8.69. The van der Waals surface area contributed by atoms with Crippen LogP contribution < -0.4 is 0 Å². The van der Waals surface area contributed by atoms with Gasteiger partial charge in [0.15, 0.2) is 0 Å². The van der Waals surface area contributed by atoms with Crippen molar-refractivity contribution in [3.05, 3.63) is 77.4 Å². The maximum Gasteiger partial charge on any atom is 0.253 e. The molecule has 0 aromatic heterocycles. The van der Waals surface area contributed by atoms with Crippen LogP contribution in [0, 0.1) is 18.8 Å². The fourth-order valence-electron chi connectivity index (χ4n) is 4.87. The van der Waals surface area contributed by atoms with E-state index in [4.69, 9.17) is 5.11 Å². The van der Waals surface area contributed by atoms with Crippen molar-refractivity contribution in [2.45, 2.75) is 59.3 Å². The summed E-state index contributed by atoms with van der Waals surface area (Å²) in [7, 11) is 1.00. The van der Waals surface area contributed by atoms with Crippen LogP contribution in [0.15, 0.2) is 55.1 Å². The summed E-state index contributed by atoms with van der Waals surface area (Å²) in [4.78, 5) is 15.1. The SMILES string of the molecule is C=C(Cc1ccc(C(=O)N2CC[C@H]3CCCC[C@H]3C2)cc1)c1ccc(C)cc1.CC.CO. The van der Waals surface area contributed by atoms with E-state index in [1.54, 1.807) is 0 Å². The van der Waals surface area contributed by atoms with Crippen LogP contribution in [-0.2, 0) is 6.42 Å². The normalized spacial score (nSPS) is 19.5. The Morgan fingerprint density at radius 3 is 2.09 bits per heavy atom. The standard InChI is InChI=1S/C26H31NO.C2H6.CH4O/c1-19-7-11-22(12-8-19)20(2)17-21-9-13-24(14-10-21)26(28)27-16-15-23-5-3-4-6-25(23)18-27;2*1-2/h7-14,23,25H,2-6,15-18H2,1H3;1-2H3;2H,1H3/t23-,25+;;/m1../s1. The third-order valence-electron chi connectivity index (χ3n) is 6.66. The average molecular weight is 436 g/mol. The molecule has 1 N–H and O–H groups in total. The molecule has 32 heavy (non-hydrogen) atoms. The van der Waals surface area contributed by atoms with E-state index in [9.17, 15) is 4.79 Å². The Bertz CT molecular complexity index is 838. The van der Waals surface area contributed by atoms with Crippen LogP contribution in [0.1, 0.15) is 73.0 Å². The minimum atomic E-state index is 0.202. The number of aryl methyl sites for hydroxylation is 1. The van der Waals surface area contributed by atoms with Gasteiger partial charge in [0.1, 0.15) is 0 Å². The predicted molar refractivity (Wildman–Crippen MR) is 136 cm³/mol. The number of hydrogen-bond acceptors (Lipinski definition) is 2. The second kappa shape index (κ2) is 13.2. The van der Waals surface area contributed by atoms with Crippen LogP contribution in [0.25, 0.3) is 5.57 Å². The maximum atomic E-state index is 13.0. The summed E-state index contributed by atoms with van der Waals surface area (Å²) in [6.45, 7) is 12.2. The first-order valence-electron chi connectivity index (χ1n) is 12.2. The number of fused-ring (bicyclic) bond motifs is 1. The van der Waals surface area contributed by atoms with E-state index < -0.39 is 0 Å². The van der Waals surface area contributed by atoms with Gasteiger partial charge in [-0.15, -0.1) is 0 Å². The molecule has 1 saturated heterocycles. The van der Waals surface area contributed by atoms with E-state index in [2.05, 4.69) is 54.8 Å². The highest BCUT2D eigenvalue weighted by Gasteiger charge is 2.33. The molecule has 0 bridgehead atoms. The molecule has 1 saturated carbocycles. The molecule has 2 aliphatic rings. The number of carbonyl (C=O) groups excluding carboxylic acids is 1. The van der Waals surface area contributed by atoms with Crippen molar-refractivity contribution in [2.75, 3.05) is 20.2 Å². The van der Waals surface area contributed by atoms with E-state index in [-0.39, 0.29) is 5.91 Å². The predicted octanol–water partition coefficient (Wildman–Crippen LogP) is 6.54. The first-order chi connectivity index (χ1) is 15.6. The number of allylic oxidation sites excluding steroid dienone is 1. The lowest BCUT2D eigenvalue weighted by Gasteiger charge is -2.41. The molecule has 3 heteroatoms. The van der Waals surface area contributed by atoms with Crippen molar-refractivity contribution in [1.29, 1.82) is 0 Å². The number of aliphatic hydroxyl groups excluding tert-OH is 1. The Hall–Kier alpha value is -2.39. The number of nitrogens with zero attached hydrogens (tertiary/aromatic N) is 1. The maximum absolute atomic E-state index is 13.0. The number of aliphatic hydroxyl groups is 1. The molecule has 1 aliphatic carbocycles. The minimum absolute atomic E-state index is 0.202. The molecule has 174 valence electrons. The molecular formula is C29H41NO2. The van der Waals surface area contributed by atoms with E-state index in [0.717, 1.165) is 49.6 Å². The number of amides is 1. The van der Waals surface area contributed by atoms with Gasteiger partial charge >= 0.3 is 0 Å². The van der Waals surface area contributed by atoms with Gasteiger partial charge in [0.05, 0.1) is 0 Å². The number of hydrogen-bond donors (Lipinski definition) is 1. The van der Waals surface area contributed by atoms with Crippen molar-refractivity contribution in [3.8, 4) is 0 Å². The molecule has 1 aliphatic heterocycles. The fourth-order valence-corrected chi connectivity index (χ4v) is 4.87. The van der Waals surface area contributed by atoms with E-state index in [0.29, 0.717) is 0 Å². The molecule has 2 aromatic rings. The molecule has 1 heterocycles. The van der Waals surface area contributed by atoms with Crippen molar-refractivity contribution >= 4 is 11.5 Å². The summed E-state index contributed by atoms with van der Waals surface area (Å²) in [5.74, 6) is 1.78. The molecule has 2 atom stereocenters. The number of likely N-dealkylation sites (tertiary alicyclic amines) is 1. The zero-order valence-electron chi connectivity index (χ0n) is 20.4. The second-order valence-electron chi connectivity index (χ2n) is 8.69. The zero-order valence-corrected chi connectivity index (χ0v) is 20.4. The van der Waals surface area contributed by atoms with Gasteiger partial charge in [0.2, 0.25) is 0 Å². The molecule has 2 fully saturated rings. The summed E-state index contributed by atoms with van der Waals surface area (Å²) in [6.07, 6.45) is 7.38. The van der Waals surface area contributed by atoms with Gasteiger partial charge in [-0.25, -0.2) is 0 Å². The largest absolute Gasteiger partial charge is 0.400 e. The van der Waals surface area contributed by atoms with Crippen LogP contribution in [0.3, 0.4) is 0 Å². The van der Waals surface area contributed by atoms with E-state index in [1.807, 2.05) is 26.0 Å². The van der Waals surface area contributed by atoms with Gasteiger partial charge in [-0.1, -0.05) is 81.7 Å². The summed E-state index contributed by atoms with van der Waals surface area (Å²) in [6, 6.07) is 16.7. The number of piperidine rings is 1. The van der Waals surface area contributed by atoms with Crippen LogP contribution in [0.5, 0.6) is 0 Å². The van der Waals surface area contributed by atoms with Crippen molar-refractivity contribution in [3.63, 3.8) is 0 Å². The van der Waals surface area contributed by atoms with E-state index >= 15 is 0 Å². The molecule has 0 unspecified atom stereocenters. The molecular weight excluding hydrogens is 394 g/mol. The third kappa shape index (κ3) is 6.80. The Kier molecular flexibility index (Phi) is 10.7. The first kappa shape index (κ1) is 25.9. The van der Waals surface area contributed by atoms with Crippen molar-refractivity contribution in [1.82, 2.24) is 4.90 Å². The Morgan fingerprint density at radius 1 is 0.906 bits per heavy atom. The van der Waals surface area contributed by atoms with Crippen LogP contribution >= 0.6 is 0 Å². The van der Waals surface area contributed by atoms with Crippen LogP contribution in [0.4, 0.5) is 0 Å². The fraction of sp³-hybridized carbons (Fsp3) is 0.483. The van der Waals surface area contributed by atoms with Gasteiger partial charge in [-0.2, -0.15) is 0 Å². The van der Waals surface area contributed by atoms with Gasteiger partial charge in [0.25, 0.3) is 5.91 Å². The third-order valence-corrected chi connectivity index (χ3v) is 6.66. The summed E-state index contributed by atoms with van der Waals surface area (Å²) in [5, 5.41) is 7.00. The van der Waals surface area contributed by atoms with Gasteiger partial charge in [0, 0.05) is 25.8 Å². The smallest absolute Gasteiger partial charge is 0.253 e. The van der Waals surface area contributed by atoms with Gasteiger partial charge in [-0.05, 0) is 66.9 Å². The summed E-state index contributed by atoms with van der Waals surface area (Å²) < 4.78 is 0. The monoisotopic (exact) mass is 435 g/mol. The lowest BCUT2D eigenvalue weighted by molar-refractivity contribution is 0.0521. The Labute approximate surface area is 195 Å². The van der Waals surface area contributed by atoms with Crippen LogP contribution in [0.2, 0.25) is 0 Å². The van der Waals surface area contributed by atoms with Gasteiger partial charge in [-0.3, -0.25) is 4.79 Å². The highest BCUT2D eigenvalue weighted by atomic mass is 16.2. The highest BCUT2D eigenvalue weighted by molar-refractivity contribution is 5.94. The zero-order chi connectivity index (χ0) is 23.5. The summed E-state index contributed by atoms with van der Waals surface area (Å²) >= 11 is 0. The number of benzene rings is 2. The number of rotatable bonds is 4. The molecule has 0 radical (unpaired) electrons. The number of carbonyl (C=O) groups is 1. The lowest BCUT2D eigenvalue weighted by atomic mass is 9.75. The Balaban J connectivity index is 0.000000860. The van der Waals surface area contributed by atoms with Crippen molar-refractivity contribution < 1.29 is 9.90 Å². The van der Waals surface area contributed by atoms with Crippen molar-refractivity contribution in [2.24, 2.45) is 11.8 Å². The molecule has 4 rings (SSSR count).